The molecule has 0 saturated heterocycles. The fraction of sp³-hybridized carbons (Fsp3) is 0.333. The van der Waals surface area contributed by atoms with Gasteiger partial charge in [0.05, 0.1) is 20.6 Å². The Kier molecular flexibility index (Phi) is 12.0. The number of nitrogens with zero attached hydrogens (tertiary/aromatic N) is 2. The molecule has 0 spiro atoms. The first-order valence-electron chi connectivity index (χ1n) is 13.3. The first-order valence-corrected chi connectivity index (χ1v) is 16.7. The molecular formula is C30H35Cl2N3O4S2. The lowest BCUT2D eigenvalue weighted by Gasteiger charge is -2.33. The molecular weight excluding hydrogens is 601 g/mol. The Morgan fingerprint density at radius 2 is 1.61 bits per heavy atom. The summed E-state index contributed by atoms with van der Waals surface area (Å²) >= 11 is 13.8. The summed E-state index contributed by atoms with van der Waals surface area (Å²) in [6.45, 7) is 5.64. The van der Waals surface area contributed by atoms with Gasteiger partial charge in [-0.3, -0.25) is 13.9 Å². The van der Waals surface area contributed by atoms with Crippen LogP contribution in [-0.4, -0.2) is 50.5 Å². The Labute approximate surface area is 257 Å². The van der Waals surface area contributed by atoms with Gasteiger partial charge in [0.1, 0.15) is 12.6 Å². The van der Waals surface area contributed by atoms with Gasteiger partial charge in [-0.05, 0) is 80.1 Å². The van der Waals surface area contributed by atoms with Gasteiger partial charge in [0.2, 0.25) is 11.8 Å². The molecule has 0 saturated carbocycles. The topological polar surface area (TPSA) is 86.8 Å². The van der Waals surface area contributed by atoms with E-state index >= 15 is 0 Å². The van der Waals surface area contributed by atoms with Gasteiger partial charge in [-0.25, -0.2) is 8.42 Å². The van der Waals surface area contributed by atoms with Crippen molar-refractivity contribution in [2.45, 2.75) is 56.0 Å². The van der Waals surface area contributed by atoms with Gasteiger partial charge in [-0.2, -0.15) is 0 Å². The van der Waals surface area contributed by atoms with Crippen molar-refractivity contribution in [3.8, 4) is 0 Å². The molecule has 0 aliphatic heterocycles. The number of amides is 2. The summed E-state index contributed by atoms with van der Waals surface area (Å²) in [6, 6.07) is 17.6. The summed E-state index contributed by atoms with van der Waals surface area (Å²) in [7, 11) is -4.14. The van der Waals surface area contributed by atoms with Crippen molar-refractivity contribution >= 4 is 62.5 Å². The van der Waals surface area contributed by atoms with Crippen LogP contribution in [0, 0.1) is 6.92 Å². The molecule has 0 radical (unpaired) electrons. The van der Waals surface area contributed by atoms with Crippen LogP contribution in [0.3, 0.4) is 0 Å². The highest BCUT2D eigenvalue weighted by molar-refractivity contribution is 7.98. The van der Waals surface area contributed by atoms with Crippen molar-refractivity contribution in [2.75, 3.05) is 23.7 Å². The number of thioether (sulfide) groups is 1. The second-order valence-corrected chi connectivity index (χ2v) is 13.1. The molecule has 2 amide bonds. The lowest BCUT2D eigenvalue weighted by molar-refractivity contribution is -0.140. The molecule has 41 heavy (non-hydrogen) atoms. The minimum absolute atomic E-state index is 0.0397. The predicted molar refractivity (Wildman–Crippen MR) is 168 cm³/mol. The number of nitrogens with one attached hydrogen (secondary N) is 1. The molecule has 0 unspecified atom stereocenters. The summed E-state index contributed by atoms with van der Waals surface area (Å²) in [4.78, 5) is 29.7. The average Bonchev–Trinajstić information content (AvgIpc) is 2.96. The monoisotopic (exact) mass is 635 g/mol. The largest absolute Gasteiger partial charge is 0.354 e. The Hall–Kier alpha value is -2.72. The zero-order valence-corrected chi connectivity index (χ0v) is 26.7. The van der Waals surface area contributed by atoms with Crippen molar-refractivity contribution in [1.82, 2.24) is 10.2 Å². The number of anilines is 1. The van der Waals surface area contributed by atoms with Gasteiger partial charge in [-0.1, -0.05) is 60.8 Å². The molecule has 0 fully saturated rings. The third-order valence-electron chi connectivity index (χ3n) is 6.52. The number of benzene rings is 3. The lowest BCUT2D eigenvalue weighted by Crippen LogP contribution is -2.52. The van der Waals surface area contributed by atoms with Gasteiger partial charge < -0.3 is 10.2 Å². The number of rotatable bonds is 13. The number of aryl methyl sites for hydroxylation is 1. The molecule has 3 rings (SSSR count). The highest BCUT2D eigenvalue weighted by Gasteiger charge is 2.33. The molecule has 0 aromatic heterocycles. The molecule has 1 atom stereocenters. The maximum atomic E-state index is 14.1. The molecule has 220 valence electrons. The van der Waals surface area contributed by atoms with Crippen molar-refractivity contribution in [3.63, 3.8) is 0 Å². The highest BCUT2D eigenvalue weighted by atomic mass is 35.5. The zero-order valence-electron chi connectivity index (χ0n) is 23.6. The van der Waals surface area contributed by atoms with Gasteiger partial charge in [0.15, 0.2) is 0 Å². The Balaban J connectivity index is 2.06. The lowest BCUT2D eigenvalue weighted by atomic mass is 10.1. The second-order valence-electron chi connectivity index (χ2n) is 9.51. The van der Waals surface area contributed by atoms with Crippen LogP contribution < -0.4 is 9.62 Å². The maximum Gasteiger partial charge on any atom is 0.264 e. The van der Waals surface area contributed by atoms with Crippen molar-refractivity contribution in [2.24, 2.45) is 0 Å². The molecule has 0 bridgehead atoms. The SMILES string of the molecule is CCCNC(=O)[C@H](CC)N(Cc1ccc(Cl)c(Cl)c1)C(=O)CN(c1ccc(C)cc1)S(=O)(=O)c1ccc(SC)cc1. The zero-order chi connectivity index (χ0) is 30.2. The Morgan fingerprint density at radius 3 is 2.17 bits per heavy atom. The van der Waals surface area contributed by atoms with Crippen molar-refractivity contribution in [1.29, 1.82) is 0 Å². The third kappa shape index (κ3) is 8.41. The first-order chi connectivity index (χ1) is 19.5. The maximum absolute atomic E-state index is 14.1. The molecule has 0 aliphatic carbocycles. The first kappa shape index (κ1) is 32.8. The number of carbonyl (C=O) groups excluding carboxylic acids is 2. The van der Waals surface area contributed by atoms with E-state index in [4.69, 9.17) is 23.2 Å². The van der Waals surface area contributed by atoms with Crippen LogP contribution in [0.4, 0.5) is 5.69 Å². The third-order valence-corrected chi connectivity index (χ3v) is 9.79. The highest BCUT2D eigenvalue weighted by Crippen LogP contribution is 2.28. The average molecular weight is 637 g/mol. The van der Waals surface area contributed by atoms with E-state index in [1.807, 2.05) is 27.0 Å². The fourth-order valence-electron chi connectivity index (χ4n) is 4.23. The summed E-state index contributed by atoms with van der Waals surface area (Å²) in [5.74, 6) is -0.834. The van der Waals surface area contributed by atoms with E-state index in [0.717, 1.165) is 21.2 Å². The molecule has 7 nitrogen and oxygen atoms in total. The number of carbonyl (C=O) groups is 2. The normalized spacial score (nSPS) is 12.0. The van der Waals surface area contributed by atoms with Gasteiger partial charge in [0.25, 0.3) is 10.0 Å². The van der Waals surface area contributed by atoms with Gasteiger partial charge in [-0.15, -0.1) is 11.8 Å². The summed E-state index contributed by atoms with van der Waals surface area (Å²) in [5, 5.41) is 3.55. The fourth-order valence-corrected chi connectivity index (χ4v) is 6.38. The number of sulfonamides is 1. The van der Waals surface area contributed by atoms with Crippen LogP contribution in [0.25, 0.3) is 0 Å². The van der Waals surface area contributed by atoms with E-state index in [2.05, 4.69) is 5.32 Å². The van der Waals surface area contributed by atoms with Crippen LogP contribution in [0.5, 0.6) is 0 Å². The standard InChI is InChI=1S/C30H35Cl2N3O4S2/c1-5-17-33-30(37)28(6-2)34(19-22-9-16-26(31)27(32)18-22)29(36)20-35(23-10-7-21(3)8-11-23)41(38,39)25-14-12-24(40-4)13-15-25/h7-16,18,28H,5-6,17,19-20H2,1-4H3,(H,33,37)/t28-/m0/s1. The molecule has 3 aromatic carbocycles. The van der Waals surface area contributed by atoms with Crippen LogP contribution in [0.1, 0.15) is 37.8 Å². The molecule has 11 heteroatoms. The Bertz CT molecular complexity index is 1450. The minimum Gasteiger partial charge on any atom is -0.354 e. The van der Waals surface area contributed by atoms with Crippen LogP contribution in [0.2, 0.25) is 10.0 Å². The predicted octanol–water partition coefficient (Wildman–Crippen LogP) is 6.55. The van der Waals surface area contributed by atoms with E-state index in [0.29, 0.717) is 34.3 Å². The number of hydrogen-bond acceptors (Lipinski definition) is 5. The van der Waals surface area contributed by atoms with Crippen molar-refractivity contribution < 1.29 is 18.0 Å². The molecule has 3 aromatic rings. The summed E-state index contributed by atoms with van der Waals surface area (Å²) in [5.41, 5.74) is 1.95. The van der Waals surface area contributed by atoms with E-state index in [1.54, 1.807) is 54.6 Å². The van der Waals surface area contributed by atoms with Crippen molar-refractivity contribution in [3.05, 3.63) is 87.9 Å². The number of halogens is 2. The van der Waals surface area contributed by atoms with E-state index in [9.17, 15) is 18.0 Å². The van der Waals surface area contributed by atoms with Gasteiger partial charge in [0, 0.05) is 18.0 Å². The van der Waals surface area contributed by atoms with Gasteiger partial charge >= 0.3 is 0 Å². The summed E-state index contributed by atoms with van der Waals surface area (Å²) in [6.07, 6.45) is 2.97. The van der Waals surface area contributed by atoms with Crippen LogP contribution in [0.15, 0.2) is 76.5 Å². The molecule has 0 aliphatic rings. The molecule has 1 N–H and O–H groups in total. The van der Waals surface area contributed by atoms with E-state index in [1.165, 1.54) is 28.8 Å². The van der Waals surface area contributed by atoms with E-state index in [-0.39, 0.29) is 17.3 Å². The quantitative estimate of drug-likeness (QED) is 0.215. The minimum atomic E-state index is -4.14. The number of hydrogen-bond donors (Lipinski definition) is 1. The second kappa shape index (κ2) is 15.0. The van der Waals surface area contributed by atoms with E-state index < -0.39 is 28.5 Å². The van der Waals surface area contributed by atoms with Crippen LogP contribution >= 0.6 is 35.0 Å². The molecule has 0 heterocycles. The van der Waals surface area contributed by atoms with Crippen LogP contribution in [-0.2, 0) is 26.2 Å². The summed E-state index contributed by atoms with van der Waals surface area (Å²) < 4.78 is 29.0. The Morgan fingerprint density at radius 1 is 0.951 bits per heavy atom. The smallest absolute Gasteiger partial charge is 0.264 e.